The Labute approximate surface area is 203 Å². The van der Waals surface area contributed by atoms with Gasteiger partial charge in [-0.05, 0) is 89.3 Å². The third kappa shape index (κ3) is 5.72. The quantitative estimate of drug-likeness (QED) is 0.400. The van der Waals surface area contributed by atoms with Crippen molar-refractivity contribution in [2.75, 3.05) is 14.1 Å². The van der Waals surface area contributed by atoms with Gasteiger partial charge < -0.3 is 4.90 Å². The van der Waals surface area contributed by atoms with Gasteiger partial charge >= 0.3 is 0 Å². The van der Waals surface area contributed by atoms with Gasteiger partial charge in [-0.15, -0.1) is 0 Å². The number of hydrogen-bond donors (Lipinski definition) is 0. The predicted molar refractivity (Wildman–Crippen MR) is 142 cm³/mol. The maximum atomic E-state index is 12.2. The van der Waals surface area contributed by atoms with E-state index in [2.05, 4.69) is 62.4 Å². The molecule has 0 N–H and O–H groups in total. The van der Waals surface area contributed by atoms with E-state index in [0.717, 1.165) is 42.5 Å². The molecule has 1 aliphatic carbocycles. The van der Waals surface area contributed by atoms with Crippen molar-refractivity contribution in [2.24, 2.45) is 0 Å². The minimum absolute atomic E-state index is 0.0200. The first-order valence-corrected chi connectivity index (χ1v) is 12.2. The molecule has 0 saturated heterocycles. The molecule has 34 heavy (non-hydrogen) atoms. The smallest absolute Gasteiger partial charge is 0.253 e. The third-order valence-corrected chi connectivity index (χ3v) is 6.41. The van der Waals surface area contributed by atoms with Crippen LogP contribution in [0, 0.1) is 0 Å². The van der Waals surface area contributed by atoms with Crippen molar-refractivity contribution < 1.29 is 4.79 Å². The zero-order chi connectivity index (χ0) is 24.1. The fourth-order valence-electron chi connectivity index (χ4n) is 4.35. The molecule has 3 aromatic rings. The van der Waals surface area contributed by atoms with Crippen LogP contribution in [-0.4, -0.2) is 29.9 Å². The number of hydrogen-bond acceptors (Lipinski definition) is 2. The Kier molecular flexibility index (Phi) is 7.42. The summed E-state index contributed by atoms with van der Waals surface area (Å²) in [6, 6.07) is 19.1. The lowest BCUT2D eigenvalue weighted by molar-refractivity contribution is 0.0827. The van der Waals surface area contributed by atoms with Crippen molar-refractivity contribution in [3.05, 3.63) is 112 Å². The molecule has 1 aromatic heterocycles. The minimum Gasteiger partial charge on any atom is -0.345 e. The Morgan fingerprint density at radius 3 is 2.56 bits per heavy atom. The molecular weight excluding hydrogens is 416 g/mol. The first-order valence-electron chi connectivity index (χ1n) is 12.2. The summed E-state index contributed by atoms with van der Waals surface area (Å²) in [5.74, 6) is 0.585. The van der Waals surface area contributed by atoms with Crippen molar-refractivity contribution >= 4 is 17.6 Å². The second kappa shape index (κ2) is 10.6. The SMILES string of the molecule is CC(C)c1cccc(CCCc2cc3c(cn2)C=C(c2ccc(C(=O)N(C)C)cc2)C=CC3)c1. The first-order chi connectivity index (χ1) is 16.4. The molecule has 174 valence electrons. The number of aromatic nitrogens is 1. The second-order valence-electron chi connectivity index (χ2n) is 9.61. The summed E-state index contributed by atoms with van der Waals surface area (Å²) in [4.78, 5) is 18.5. The van der Waals surface area contributed by atoms with E-state index in [1.807, 2.05) is 30.5 Å². The molecule has 3 nitrogen and oxygen atoms in total. The van der Waals surface area contributed by atoms with Gasteiger partial charge in [-0.3, -0.25) is 9.78 Å². The Morgan fingerprint density at radius 2 is 1.82 bits per heavy atom. The summed E-state index contributed by atoms with van der Waals surface area (Å²) in [6.45, 7) is 4.49. The molecular formula is C31H34N2O. The summed E-state index contributed by atoms with van der Waals surface area (Å²) < 4.78 is 0. The molecule has 0 unspecified atom stereocenters. The monoisotopic (exact) mass is 450 g/mol. The van der Waals surface area contributed by atoms with Crippen LogP contribution in [-0.2, 0) is 19.3 Å². The second-order valence-corrected chi connectivity index (χ2v) is 9.61. The molecule has 2 aromatic carbocycles. The zero-order valence-corrected chi connectivity index (χ0v) is 20.7. The fourth-order valence-corrected chi connectivity index (χ4v) is 4.35. The lowest BCUT2D eigenvalue weighted by atomic mass is 9.98. The van der Waals surface area contributed by atoms with E-state index in [9.17, 15) is 4.79 Å². The number of amides is 1. The summed E-state index contributed by atoms with van der Waals surface area (Å²) in [6.07, 6.45) is 12.7. The van der Waals surface area contributed by atoms with E-state index in [1.165, 1.54) is 22.3 Å². The number of rotatable bonds is 7. The minimum atomic E-state index is 0.0200. The molecule has 0 aliphatic heterocycles. The van der Waals surface area contributed by atoms with Gasteiger partial charge in [0.25, 0.3) is 5.91 Å². The van der Waals surface area contributed by atoms with Crippen molar-refractivity contribution in [2.45, 2.75) is 45.4 Å². The van der Waals surface area contributed by atoms with E-state index in [0.29, 0.717) is 11.5 Å². The lowest BCUT2D eigenvalue weighted by Crippen LogP contribution is -2.21. The number of pyridine rings is 1. The molecule has 4 rings (SSSR count). The lowest BCUT2D eigenvalue weighted by Gasteiger charge is -2.11. The number of benzene rings is 2. The van der Waals surface area contributed by atoms with E-state index in [1.54, 1.807) is 19.0 Å². The van der Waals surface area contributed by atoms with Crippen LogP contribution in [0.2, 0.25) is 0 Å². The molecule has 1 aliphatic rings. The third-order valence-electron chi connectivity index (χ3n) is 6.41. The predicted octanol–water partition coefficient (Wildman–Crippen LogP) is 6.74. The average molecular weight is 451 g/mol. The highest BCUT2D eigenvalue weighted by Crippen LogP contribution is 2.26. The van der Waals surface area contributed by atoms with Crippen molar-refractivity contribution in [3.63, 3.8) is 0 Å². The van der Waals surface area contributed by atoms with Gasteiger partial charge in [-0.2, -0.15) is 0 Å². The maximum absolute atomic E-state index is 12.2. The van der Waals surface area contributed by atoms with Gasteiger partial charge in [-0.1, -0.05) is 62.4 Å². The van der Waals surface area contributed by atoms with Gasteiger partial charge in [-0.25, -0.2) is 0 Å². The number of aryl methyl sites for hydroxylation is 2. The van der Waals surface area contributed by atoms with Crippen molar-refractivity contribution in [3.8, 4) is 0 Å². The Morgan fingerprint density at radius 1 is 1.03 bits per heavy atom. The van der Waals surface area contributed by atoms with Gasteiger partial charge in [0.1, 0.15) is 0 Å². The largest absolute Gasteiger partial charge is 0.345 e. The maximum Gasteiger partial charge on any atom is 0.253 e. The summed E-state index contributed by atoms with van der Waals surface area (Å²) in [5.41, 5.74) is 9.42. The number of carbonyl (C=O) groups is 1. The molecule has 0 saturated carbocycles. The zero-order valence-electron chi connectivity index (χ0n) is 20.7. The highest BCUT2D eigenvalue weighted by atomic mass is 16.2. The van der Waals surface area contributed by atoms with Gasteiger partial charge in [0.15, 0.2) is 0 Å². The van der Waals surface area contributed by atoms with Crippen LogP contribution in [0.15, 0.2) is 72.9 Å². The highest BCUT2D eigenvalue weighted by molar-refractivity contribution is 5.95. The van der Waals surface area contributed by atoms with Gasteiger partial charge in [0, 0.05) is 31.5 Å². The van der Waals surface area contributed by atoms with Crippen LogP contribution in [0.4, 0.5) is 0 Å². The molecule has 0 spiro atoms. The number of fused-ring (bicyclic) bond motifs is 1. The van der Waals surface area contributed by atoms with E-state index < -0.39 is 0 Å². The van der Waals surface area contributed by atoms with Crippen LogP contribution in [0.1, 0.15) is 70.1 Å². The normalized spacial score (nSPS) is 12.8. The van der Waals surface area contributed by atoms with E-state index >= 15 is 0 Å². The van der Waals surface area contributed by atoms with E-state index in [4.69, 9.17) is 4.98 Å². The Bertz CT molecular complexity index is 1220. The van der Waals surface area contributed by atoms with Gasteiger partial charge in [0.2, 0.25) is 0 Å². The van der Waals surface area contributed by atoms with Crippen molar-refractivity contribution in [1.29, 1.82) is 0 Å². The average Bonchev–Trinajstić information content (AvgIpc) is 3.06. The molecule has 1 amide bonds. The number of carbonyl (C=O) groups excluding carboxylic acids is 1. The standard InChI is InChI=1S/C31H34N2O/c1-22(2)26-10-5-8-23(18-26)9-6-13-30-20-28-12-7-11-27(19-29(28)21-32-30)24-14-16-25(17-15-24)31(34)33(3)4/h5,7-8,10-11,14-22H,6,9,12-13H2,1-4H3. The van der Waals surface area contributed by atoms with Crippen LogP contribution < -0.4 is 0 Å². The molecule has 0 bridgehead atoms. The van der Waals surface area contributed by atoms with Gasteiger partial charge in [0.05, 0.1) is 0 Å². The van der Waals surface area contributed by atoms with Crippen LogP contribution in [0.25, 0.3) is 11.6 Å². The van der Waals surface area contributed by atoms with Crippen LogP contribution in [0.3, 0.4) is 0 Å². The molecule has 0 fully saturated rings. The van der Waals surface area contributed by atoms with Crippen LogP contribution >= 0.6 is 0 Å². The van der Waals surface area contributed by atoms with E-state index in [-0.39, 0.29) is 5.91 Å². The number of allylic oxidation sites excluding steroid dienone is 3. The highest BCUT2D eigenvalue weighted by Gasteiger charge is 2.11. The summed E-state index contributed by atoms with van der Waals surface area (Å²) in [5, 5.41) is 0. The summed E-state index contributed by atoms with van der Waals surface area (Å²) in [7, 11) is 3.55. The summed E-state index contributed by atoms with van der Waals surface area (Å²) >= 11 is 0. The molecule has 3 heteroatoms. The Hall–Kier alpha value is -3.46. The first kappa shape index (κ1) is 23.7. The Balaban J connectivity index is 1.44. The van der Waals surface area contributed by atoms with Crippen LogP contribution in [0.5, 0.6) is 0 Å². The molecule has 1 heterocycles. The fraction of sp³-hybridized carbons (Fsp3) is 0.290. The molecule has 0 atom stereocenters. The molecule has 0 radical (unpaired) electrons. The van der Waals surface area contributed by atoms with Crippen molar-refractivity contribution in [1.82, 2.24) is 9.88 Å². The number of nitrogens with zero attached hydrogens (tertiary/aromatic N) is 2. The topological polar surface area (TPSA) is 33.2 Å².